The van der Waals surface area contributed by atoms with Gasteiger partial charge in [-0.3, -0.25) is 4.72 Å². The number of ether oxygens (including phenoxy) is 1. The van der Waals surface area contributed by atoms with Gasteiger partial charge in [-0.05, 0) is 30.3 Å². The number of fused-ring (bicyclic) bond motifs is 1. The summed E-state index contributed by atoms with van der Waals surface area (Å²) in [7, 11) is -4.54. The Kier molecular flexibility index (Phi) is 4.65. The molecule has 0 atom stereocenters. The Morgan fingerprint density at radius 3 is 2.32 bits per heavy atom. The number of sulfonamides is 1. The largest absolute Gasteiger partial charge is 0.573 e. The van der Waals surface area contributed by atoms with E-state index in [1.54, 1.807) is 0 Å². The lowest BCUT2D eigenvalue weighted by Crippen LogP contribution is -2.20. The molecule has 0 aliphatic rings. The molecule has 0 spiro atoms. The third-order valence-corrected chi connectivity index (χ3v) is 4.79. The van der Waals surface area contributed by atoms with Crippen molar-refractivity contribution in [2.24, 2.45) is 0 Å². The number of imidazole rings is 1. The molecule has 3 aromatic rings. The Labute approximate surface area is 153 Å². The van der Waals surface area contributed by atoms with Crippen molar-refractivity contribution in [2.75, 3.05) is 4.72 Å². The summed E-state index contributed by atoms with van der Waals surface area (Å²) in [4.78, 5) is 4.53. The first-order valence-corrected chi connectivity index (χ1v) is 8.78. The molecule has 2 N–H and O–H groups in total. The minimum absolute atomic E-state index is 0.0731. The van der Waals surface area contributed by atoms with Crippen molar-refractivity contribution in [3.8, 4) is 5.75 Å². The van der Waals surface area contributed by atoms with Crippen molar-refractivity contribution in [1.82, 2.24) is 9.97 Å². The van der Waals surface area contributed by atoms with Crippen LogP contribution in [-0.2, 0) is 16.2 Å². The summed E-state index contributed by atoms with van der Waals surface area (Å²) in [6, 6.07) is 7.31. The number of hydrogen-bond donors (Lipinski definition) is 2. The van der Waals surface area contributed by atoms with Crippen molar-refractivity contribution < 1.29 is 39.5 Å². The number of aromatic amines is 1. The van der Waals surface area contributed by atoms with Crippen molar-refractivity contribution in [2.45, 2.75) is 17.4 Å². The molecule has 0 saturated heterocycles. The molecule has 0 saturated carbocycles. The van der Waals surface area contributed by atoms with Gasteiger partial charge in [-0.25, -0.2) is 13.4 Å². The Bertz CT molecular complexity index is 1120. The van der Waals surface area contributed by atoms with Crippen LogP contribution in [0.4, 0.5) is 32.0 Å². The summed E-state index contributed by atoms with van der Waals surface area (Å²) in [5.74, 6) is -2.23. The zero-order valence-corrected chi connectivity index (χ0v) is 14.2. The topological polar surface area (TPSA) is 84.1 Å². The van der Waals surface area contributed by atoms with E-state index in [2.05, 4.69) is 9.72 Å². The van der Waals surface area contributed by atoms with Crippen LogP contribution < -0.4 is 9.46 Å². The molecule has 1 aromatic heterocycles. The molecule has 0 amide bonds. The lowest BCUT2D eigenvalue weighted by atomic mass is 10.3. The molecule has 6 nitrogen and oxygen atoms in total. The van der Waals surface area contributed by atoms with Gasteiger partial charge in [0.2, 0.25) is 5.82 Å². The van der Waals surface area contributed by atoms with Gasteiger partial charge in [-0.1, -0.05) is 12.1 Å². The normalized spacial score (nSPS) is 12.9. The molecule has 0 unspecified atom stereocenters. The summed E-state index contributed by atoms with van der Waals surface area (Å²) in [6.07, 6.45) is -9.85. The number of nitrogens with zero attached hydrogens (tertiary/aromatic N) is 1. The van der Waals surface area contributed by atoms with Crippen LogP contribution in [0.5, 0.6) is 5.75 Å². The second kappa shape index (κ2) is 6.58. The van der Waals surface area contributed by atoms with Crippen LogP contribution in [0.25, 0.3) is 11.0 Å². The number of benzene rings is 2. The van der Waals surface area contributed by atoms with Gasteiger partial charge in [-0.2, -0.15) is 13.2 Å². The van der Waals surface area contributed by atoms with E-state index in [-0.39, 0.29) is 16.7 Å². The summed E-state index contributed by atoms with van der Waals surface area (Å²) in [5.41, 5.74) is -0.380. The maximum absolute atomic E-state index is 12.7. The number of rotatable bonds is 4. The monoisotopic (exact) mass is 425 g/mol. The highest BCUT2D eigenvalue weighted by atomic mass is 32.2. The van der Waals surface area contributed by atoms with Crippen LogP contribution in [0, 0.1) is 0 Å². The number of anilines is 1. The van der Waals surface area contributed by atoms with E-state index in [4.69, 9.17) is 0 Å². The predicted molar refractivity (Wildman–Crippen MR) is 85.0 cm³/mol. The van der Waals surface area contributed by atoms with Gasteiger partial charge in [0.1, 0.15) is 10.6 Å². The fourth-order valence-corrected chi connectivity index (χ4v) is 3.48. The van der Waals surface area contributed by atoms with Crippen LogP contribution in [0.3, 0.4) is 0 Å². The molecule has 3 rings (SSSR count). The van der Waals surface area contributed by atoms with Crippen LogP contribution in [-0.4, -0.2) is 24.7 Å². The number of nitrogens with one attached hydrogen (secondary N) is 2. The van der Waals surface area contributed by atoms with E-state index in [0.717, 1.165) is 36.4 Å². The van der Waals surface area contributed by atoms with E-state index in [1.165, 1.54) is 6.07 Å². The predicted octanol–water partition coefficient (Wildman–Crippen LogP) is 4.28. The highest BCUT2D eigenvalue weighted by Gasteiger charge is 2.35. The minimum Gasteiger partial charge on any atom is -0.404 e. The van der Waals surface area contributed by atoms with Gasteiger partial charge in [0, 0.05) is 0 Å². The Hall–Kier alpha value is -2.96. The third kappa shape index (κ3) is 4.30. The molecule has 0 radical (unpaired) electrons. The molecule has 0 bridgehead atoms. The maximum atomic E-state index is 12.7. The first-order chi connectivity index (χ1) is 12.9. The zero-order chi connectivity index (χ0) is 20.7. The molecule has 1 heterocycles. The number of para-hydroxylation sites is 1. The fourth-order valence-electron chi connectivity index (χ4n) is 2.30. The van der Waals surface area contributed by atoms with Gasteiger partial charge in [0.05, 0.1) is 16.7 Å². The quantitative estimate of drug-likeness (QED) is 0.612. The number of H-pyrrole nitrogens is 1. The molecule has 150 valence electrons. The van der Waals surface area contributed by atoms with E-state index in [0.29, 0.717) is 0 Å². The molecule has 13 heteroatoms. The summed E-state index contributed by atoms with van der Waals surface area (Å²) in [5, 5.41) is 0. The first kappa shape index (κ1) is 19.8. The SMILES string of the molecule is O=S(=O)(Nc1ccc2nc(C(F)(F)F)[nH]c2c1)c1ccccc1OC(F)(F)F. The Morgan fingerprint density at radius 1 is 1.00 bits per heavy atom. The fraction of sp³-hybridized carbons (Fsp3) is 0.133. The molecular weight excluding hydrogens is 416 g/mol. The molecule has 0 aliphatic carbocycles. The van der Waals surface area contributed by atoms with Gasteiger partial charge in [0.25, 0.3) is 10.0 Å². The maximum Gasteiger partial charge on any atom is 0.573 e. The molecular formula is C15H9F6N3O3S. The second-order valence-electron chi connectivity index (χ2n) is 5.42. The smallest absolute Gasteiger partial charge is 0.404 e. The molecule has 0 fully saturated rings. The van der Waals surface area contributed by atoms with Gasteiger partial charge >= 0.3 is 12.5 Å². The lowest BCUT2D eigenvalue weighted by molar-refractivity contribution is -0.275. The van der Waals surface area contributed by atoms with E-state index in [1.807, 2.05) is 9.71 Å². The first-order valence-electron chi connectivity index (χ1n) is 7.30. The van der Waals surface area contributed by atoms with Crippen LogP contribution in [0.1, 0.15) is 5.82 Å². The van der Waals surface area contributed by atoms with Gasteiger partial charge in [-0.15, -0.1) is 13.2 Å². The average Bonchev–Trinajstić information content (AvgIpc) is 2.97. The van der Waals surface area contributed by atoms with Crippen molar-refractivity contribution >= 4 is 26.7 Å². The lowest BCUT2D eigenvalue weighted by Gasteiger charge is -2.14. The van der Waals surface area contributed by atoms with Crippen LogP contribution in [0.2, 0.25) is 0 Å². The third-order valence-electron chi connectivity index (χ3n) is 3.37. The van der Waals surface area contributed by atoms with E-state index in [9.17, 15) is 34.8 Å². The standard InChI is InChI=1S/C15H9F6N3O3S/c16-14(17,18)13-22-9-6-5-8(7-10(9)23-13)24-28(25,26)12-4-2-1-3-11(12)27-15(19,20)21/h1-7,24H,(H,22,23). The zero-order valence-electron chi connectivity index (χ0n) is 13.4. The van der Waals surface area contributed by atoms with Crippen LogP contribution >= 0.6 is 0 Å². The Balaban J connectivity index is 1.95. The number of alkyl halides is 6. The van der Waals surface area contributed by atoms with E-state index >= 15 is 0 Å². The number of aromatic nitrogens is 2. The average molecular weight is 425 g/mol. The van der Waals surface area contributed by atoms with Crippen molar-refractivity contribution in [3.63, 3.8) is 0 Å². The molecule has 2 aromatic carbocycles. The van der Waals surface area contributed by atoms with Gasteiger partial charge < -0.3 is 9.72 Å². The van der Waals surface area contributed by atoms with Crippen LogP contribution in [0.15, 0.2) is 47.4 Å². The van der Waals surface area contributed by atoms with Crippen molar-refractivity contribution in [1.29, 1.82) is 0 Å². The summed E-state index contributed by atoms with van der Waals surface area (Å²) < 4.78 is 106. The summed E-state index contributed by atoms with van der Waals surface area (Å²) >= 11 is 0. The van der Waals surface area contributed by atoms with E-state index < -0.39 is 39.0 Å². The number of halogens is 6. The second-order valence-corrected chi connectivity index (χ2v) is 7.07. The number of hydrogen-bond acceptors (Lipinski definition) is 4. The molecule has 28 heavy (non-hydrogen) atoms. The Morgan fingerprint density at radius 2 is 1.68 bits per heavy atom. The van der Waals surface area contributed by atoms with Gasteiger partial charge in [0.15, 0.2) is 0 Å². The van der Waals surface area contributed by atoms with Crippen molar-refractivity contribution in [3.05, 3.63) is 48.3 Å². The minimum atomic E-state index is -5.12. The summed E-state index contributed by atoms with van der Waals surface area (Å²) in [6.45, 7) is 0. The highest BCUT2D eigenvalue weighted by molar-refractivity contribution is 7.92. The highest BCUT2D eigenvalue weighted by Crippen LogP contribution is 2.32. The molecule has 0 aliphatic heterocycles.